The van der Waals surface area contributed by atoms with Crippen LogP contribution in [0.2, 0.25) is 0 Å². The van der Waals surface area contributed by atoms with Crippen LogP contribution < -0.4 is 10.6 Å². The number of carbonyl (C=O) groups is 3. The average Bonchev–Trinajstić information content (AvgIpc) is 3.44. The van der Waals surface area contributed by atoms with Gasteiger partial charge in [-0.3, -0.25) is 9.59 Å². The number of benzene rings is 3. The molecule has 3 aromatic carbocycles. The molecule has 0 unspecified atom stereocenters. The summed E-state index contributed by atoms with van der Waals surface area (Å²) >= 11 is 0. The number of amides is 2. The summed E-state index contributed by atoms with van der Waals surface area (Å²) in [4.78, 5) is 38.3. The molecule has 44 heavy (non-hydrogen) atoms. The van der Waals surface area contributed by atoms with Crippen molar-refractivity contribution in [1.29, 1.82) is 0 Å². The van der Waals surface area contributed by atoms with Gasteiger partial charge in [-0.2, -0.15) is 5.10 Å². The Morgan fingerprint density at radius 1 is 0.864 bits per heavy atom. The second-order valence-electron chi connectivity index (χ2n) is 12.0. The average molecular weight is 591 g/mol. The first-order chi connectivity index (χ1) is 21.4. The monoisotopic (exact) mass is 590 g/mol. The van der Waals surface area contributed by atoms with E-state index in [1.807, 2.05) is 36.4 Å². The Labute approximate surface area is 257 Å². The second kappa shape index (κ2) is 12.9. The van der Waals surface area contributed by atoms with Gasteiger partial charge in [-0.1, -0.05) is 74.9 Å². The Morgan fingerprint density at radius 3 is 2.27 bits per heavy atom. The summed E-state index contributed by atoms with van der Waals surface area (Å²) < 4.78 is 2.06. The predicted octanol–water partition coefficient (Wildman–Crippen LogP) is 7.24. The number of anilines is 1. The van der Waals surface area contributed by atoms with Gasteiger partial charge < -0.3 is 15.7 Å². The summed E-state index contributed by atoms with van der Waals surface area (Å²) in [6, 6.07) is 22.9. The zero-order valence-corrected chi connectivity index (χ0v) is 24.8. The van der Waals surface area contributed by atoms with Gasteiger partial charge in [0.25, 0.3) is 5.91 Å². The van der Waals surface area contributed by atoms with Crippen LogP contribution in [0.4, 0.5) is 5.69 Å². The third-order valence-corrected chi connectivity index (χ3v) is 9.05. The fraction of sp³-hybridized carbons (Fsp3) is 0.333. The van der Waals surface area contributed by atoms with Crippen molar-refractivity contribution in [3.63, 3.8) is 0 Å². The maximum atomic E-state index is 13.8. The van der Waals surface area contributed by atoms with Gasteiger partial charge >= 0.3 is 5.97 Å². The maximum Gasteiger partial charge on any atom is 0.328 e. The van der Waals surface area contributed by atoms with Crippen molar-refractivity contribution in [2.45, 2.75) is 75.7 Å². The number of carboxylic acid groups (broad SMARTS) is 1. The number of aromatic nitrogens is 2. The van der Waals surface area contributed by atoms with Gasteiger partial charge in [0, 0.05) is 28.6 Å². The number of para-hydroxylation sites is 1. The first kappa shape index (κ1) is 29.4. The molecule has 0 radical (unpaired) electrons. The molecule has 2 fully saturated rings. The summed E-state index contributed by atoms with van der Waals surface area (Å²) in [6.07, 6.45) is 12.3. The summed E-state index contributed by atoms with van der Waals surface area (Å²) in [5.41, 5.74) is 3.76. The highest BCUT2D eigenvalue weighted by Crippen LogP contribution is 2.38. The number of carboxylic acids is 1. The van der Waals surface area contributed by atoms with Crippen LogP contribution in [0.15, 0.2) is 78.9 Å². The molecule has 2 amide bonds. The highest BCUT2D eigenvalue weighted by Gasteiger charge is 2.41. The van der Waals surface area contributed by atoms with Crippen molar-refractivity contribution in [3.8, 4) is 5.69 Å². The van der Waals surface area contributed by atoms with Crippen molar-refractivity contribution in [2.24, 2.45) is 0 Å². The van der Waals surface area contributed by atoms with E-state index >= 15 is 0 Å². The molecule has 8 heteroatoms. The van der Waals surface area contributed by atoms with E-state index in [9.17, 15) is 14.4 Å². The third kappa shape index (κ3) is 6.30. The molecule has 226 valence electrons. The summed E-state index contributed by atoms with van der Waals surface area (Å²) in [5, 5.41) is 21.1. The van der Waals surface area contributed by atoms with Gasteiger partial charge in [-0.05, 0) is 73.7 Å². The Bertz CT molecular complexity index is 1680. The summed E-state index contributed by atoms with van der Waals surface area (Å²) in [7, 11) is 0. The van der Waals surface area contributed by atoms with Gasteiger partial charge in [0.05, 0.1) is 16.9 Å². The van der Waals surface area contributed by atoms with Crippen molar-refractivity contribution in [1.82, 2.24) is 15.1 Å². The van der Waals surface area contributed by atoms with Crippen LogP contribution in [0, 0.1) is 0 Å². The minimum absolute atomic E-state index is 0.242. The van der Waals surface area contributed by atoms with Crippen molar-refractivity contribution in [2.75, 3.05) is 5.32 Å². The number of rotatable bonds is 8. The summed E-state index contributed by atoms with van der Waals surface area (Å²) in [6.45, 7) is 0. The third-order valence-electron chi connectivity index (χ3n) is 9.05. The first-order valence-corrected chi connectivity index (χ1v) is 15.6. The highest BCUT2D eigenvalue weighted by molar-refractivity contribution is 6.05. The molecule has 2 aliphatic rings. The number of nitrogens with zero attached hydrogens (tertiary/aromatic N) is 2. The Kier molecular flexibility index (Phi) is 8.59. The molecule has 3 N–H and O–H groups in total. The second-order valence-corrected chi connectivity index (χ2v) is 12.0. The fourth-order valence-corrected chi connectivity index (χ4v) is 6.73. The molecule has 0 saturated heterocycles. The molecule has 1 aromatic heterocycles. The van der Waals surface area contributed by atoms with Crippen LogP contribution in [0.1, 0.15) is 91.7 Å². The van der Waals surface area contributed by atoms with Crippen LogP contribution in [0.3, 0.4) is 0 Å². The van der Waals surface area contributed by atoms with Crippen molar-refractivity contribution >= 4 is 40.4 Å². The topological polar surface area (TPSA) is 113 Å². The van der Waals surface area contributed by atoms with Crippen molar-refractivity contribution in [3.05, 3.63) is 95.7 Å². The number of carbonyl (C=O) groups excluding carboxylic acids is 2. The molecule has 4 aromatic rings. The Balaban J connectivity index is 1.26. The smallest absolute Gasteiger partial charge is 0.328 e. The normalized spacial score (nSPS) is 17.0. The zero-order chi connectivity index (χ0) is 30.5. The molecule has 0 atom stereocenters. The van der Waals surface area contributed by atoms with Crippen LogP contribution >= 0.6 is 0 Å². The Morgan fingerprint density at radius 2 is 1.57 bits per heavy atom. The van der Waals surface area contributed by atoms with E-state index in [-0.39, 0.29) is 11.8 Å². The van der Waals surface area contributed by atoms with Gasteiger partial charge in [0.1, 0.15) is 5.54 Å². The van der Waals surface area contributed by atoms with E-state index in [4.69, 9.17) is 10.2 Å². The van der Waals surface area contributed by atoms with Gasteiger partial charge in [-0.15, -0.1) is 0 Å². The quantitative estimate of drug-likeness (QED) is 0.187. The van der Waals surface area contributed by atoms with E-state index in [1.54, 1.807) is 24.3 Å². The number of hydrogen-bond acceptors (Lipinski definition) is 4. The lowest BCUT2D eigenvalue weighted by molar-refractivity contribution is -0.131. The molecule has 0 aliphatic heterocycles. The lowest BCUT2D eigenvalue weighted by Crippen LogP contribution is -2.57. The van der Waals surface area contributed by atoms with Gasteiger partial charge in [0.2, 0.25) is 5.91 Å². The largest absolute Gasteiger partial charge is 0.478 e. The van der Waals surface area contributed by atoms with E-state index in [0.717, 1.165) is 54.8 Å². The number of aliphatic carboxylic acids is 1. The van der Waals surface area contributed by atoms with Gasteiger partial charge in [0.15, 0.2) is 0 Å². The standard InChI is InChI=1S/C36H38N4O4/c41-32(42)21-16-25-14-18-28(19-15-25)37-35(44)36(22-8-3-9-23-36)38-34(43)27-17-20-30-31(24-27)39-40(29-12-6-2-7-13-29)33(30)26-10-4-1-5-11-26/h2,6-7,12-21,24,26H,1,3-5,8-11,22-23H2,(H,37,44)(H,38,43)(H,41,42). The van der Waals surface area contributed by atoms with Crippen LogP contribution in [-0.4, -0.2) is 38.2 Å². The molecule has 6 rings (SSSR count). The van der Waals surface area contributed by atoms with E-state index in [1.165, 1.54) is 31.0 Å². The lowest BCUT2D eigenvalue weighted by atomic mass is 9.80. The molecule has 0 bridgehead atoms. The number of hydrogen-bond donors (Lipinski definition) is 3. The van der Waals surface area contributed by atoms with Gasteiger partial charge in [-0.25, -0.2) is 9.48 Å². The fourth-order valence-electron chi connectivity index (χ4n) is 6.73. The molecular weight excluding hydrogens is 552 g/mol. The minimum Gasteiger partial charge on any atom is -0.478 e. The van der Waals surface area contributed by atoms with E-state index in [2.05, 4.69) is 27.4 Å². The van der Waals surface area contributed by atoms with Crippen LogP contribution in [-0.2, 0) is 9.59 Å². The molecule has 2 aliphatic carbocycles. The van der Waals surface area contributed by atoms with Crippen LogP contribution in [0.25, 0.3) is 22.7 Å². The molecule has 8 nitrogen and oxygen atoms in total. The minimum atomic E-state index is -1.02. The molecule has 2 saturated carbocycles. The zero-order valence-electron chi connectivity index (χ0n) is 24.8. The summed E-state index contributed by atoms with van der Waals surface area (Å²) in [5.74, 6) is -1.13. The highest BCUT2D eigenvalue weighted by atomic mass is 16.4. The Hall–Kier alpha value is -4.72. The maximum absolute atomic E-state index is 13.8. The number of nitrogens with one attached hydrogen (secondary N) is 2. The molecule has 1 heterocycles. The predicted molar refractivity (Wildman–Crippen MR) is 172 cm³/mol. The van der Waals surface area contributed by atoms with Crippen LogP contribution in [0.5, 0.6) is 0 Å². The lowest BCUT2D eigenvalue weighted by Gasteiger charge is -2.36. The SMILES string of the molecule is O=C(O)C=Cc1ccc(NC(=O)C2(NC(=O)c3ccc4c(C5CCCCC5)n(-c5ccccc5)nc4c3)CCCCC2)cc1. The van der Waals surface area contributed by atoms with E-state index < -0.39 is 11.5 Å². The van der Waals surface area contributed by atoms with Crippen molar-refractivity contribution < 1.29 is 19.5 Å². The first-order valence-electron chi connectivity index (χ1n) is 15.6. The molecular formula is C36H38N4O4. The van der Waals surface area contributed by atoms with E-state index in [0.29, 0.717) is 35.6 Å². The molecule has 0 spiro atoms. The number of fused-ring (bicyclic) bond motifs is 1.